The number of aromatic nitrogens is 1. The Morgan fingerprint density at radius 3 is 2.83 bits per heavy atom. The Labute approximate surface area is 108 Å². The first kappa shape index (κ1) is 11.5. The highest BCUT2D eigenvalue weighted by Crippen LogP contribution is 2.30. The first-order valence-electron chi connectivity index (χ1n) is 6.95. The molecule has 1 aromatic carbocycles. The van der Waals surface area contributed by atoms with Gasteiger partial charge in [0.1, 0.15) is 0 Å². The van der Waals surface area contributed by atoms with Crippen LogP contribution in [-0.2, 0) is 0 Å². The van der Waals surface area contributed by atoms with E-state index in [4.69, 9.17) is 0 Å². The normalized spacial score (nSPS) is 18.1. The molecule has 1 saturated carbocycles. The summed E-state index contributed by atoms with van der Waals surface area (Å²) in [5, 5.41) is 4.91. The number of hydrogen-bond donors (Lipinski definition) is 1. The third-order valence-electron chi connectivity index (χ3n) is 4.14. The number of hydrogen-bond acceptors (Lipinski definition) is 2. The summed E-state index contributed by atoms with van der Waals surface area (Å²) in [7, 11) is 0. The SMILES string of the molecule is CC(Nc1cccc2ncccc12)C1CCCC1. The summed E-state index contributed by atoms with van der Waals surface area (Å²) in [4.78, 5) is 4.41. The van der Waals surface area contributed by atoms with Crippen LogP contribution >= 0.6 is 0 Å². The average molecular weight is 240 g/mol. The molecule has 2 aromatic rings. The van der Waals surface area contributed by atoms with Gasteiger partial charge in [0.2, 0.25) is 0 Å². The third kappa shape index (κ3) is 2.20. The molecular weight excluding hydrogens is 220 g/mol. The molecule has 1 unspecified atom stereocenters. The van der Waals surface area contributed by atoms with Gasteiger partial charge in [-0.1, -0.05) is 18.9 Å². The second-order valence-electron chi connectivity index (χ2n) is 5.35. The quantitative estimate of drug-likeness (QED) is 0.868. The molecule has 3 rings (SSSR count). The van der Waals surface area contributed by atoms with Crippen molar-refractivity contribution >= 4 is 16.6 Å². The Morgan fingerprint density at radius 2 is 2.00 bits per heavy atom. The second-order valence-corrected chi connectivity index (χ2v) is 5.35. The summed E-state index contributed by atoms with van der Waals surface area (Å²) in [5.74, 6) is 0.830. The molecule has 0 radical (unpaired) electrons. The van der Waals surface area contributed by atoms with Crippen LogP contribution in [0.15, 0.2) is 36.5 Å². The fraction of sp³-hybridized carbons (Fsp3) is 0.438. The van der Waals surface area contributed by atoms with Gasteiger partial charge >= 0.3 is 0 Å². The van der Waals surface area contributed by atoms with E-state index in [1.54, 1.807) is 0 Å². The molecule has 0 aliphatic heterocycles. The van der Waals surface area contributed by atoms with E-state index in [2.05, 4.69) is 41.5 Å². The highest BCUT2D eigenvalue weighted by atomic mass is 14.9. The van der Waals surface area contributed by atoms with Crippen molar-refractivity contribution < 1.29 is 0 Å². The van der Waals surface area contributed by atoms with E-state index in [1.165, 1.54) is 36.8 Å². The van der Waals surface area contributed by atoms with Crippen molar-refractivity contribution in [1.29, 1.82) is 0 Å². The van der Waals surface area contributed by atoms with Crippen LogP contribution in [-0.4, -0.2) is 11.0 Å². The van der Waals surface area contributed by atoms with Gasteiger partial charge in [0.05, 0.1) is 5.52 Å². The molecule has 1 aromatic heterocycles. The van der Waals surface area contributed by atoms with Crippen LogP contribution in [0.25, 0.3) is 10.9 Å². The van der Waals surface area contributed by atoms with Crippen molar-refractivity contribution in [2.45, 2.75) is 38.6 Å². The van der Waals surface area contributed by atoms with Gasteiger partial charge in [-0.25, -0.2) is 0 Å². The summed E-state index contributed by atoms with van der Waals surface area (Å²) in [5.41, 5.74) is 2.29. The fourth-order valence-electron chi connectivity index (χ4n) is 3.05. The molecule has 0 saturated heterocycles. The minimum absolute atomic E-state index is 0.554. The predicted octanol–water partition coefficient (Wildman–Crippen LogP) is 4.23. The highest BCUT2D eigenvalue weighted by Gasteiger charge is 2.21. The monoisotopic (exact) mass is 240 g/mol. The second kappa shape index (κ2) is 4.97. The minimum atomic E-state index is 0.554. The molecule has 94 valence electrons. The molecule has 18 heavy (non-hydrogen) atoms. The Bertz CT molecular complexity index is 524. The zero-order valence-electron chi connectivity index (χ0n) is 10.9. The molecule has 2 heteroatoms. The van der Waals surface area contributed by atoms with E-state index in [0.717, 1.165) is 11.4 Å². The van der Waals surface area contributed by atoms with Gasteiger partial charge in [0, 0.05) is 23.3 Å². The van der Waals surface area contributed by atoms with Crippen LogP contribution in [0.1, 0.15) is 32.6 Å². The first-order chi connectivity index (χ1) is 8.84. The van der Waals surface area contributed by atoms with E-state index in [1.807, 2.05) is 12.3 Å². The summed E-state index contributed by atoms with van der Waals surface area (Å²) in [6.07, 6.45) is 7.39. The molecule has 2 nitrogen and oxygen atoms in total. The molecule has 0 amide bonds. The van der Waals surface area contributed by atoms with Crippen molar-refractivity contribution in [2.24, 2.45) is 5.92 Å². The van der Waals surface area contributed by atoms with Gasteiger partial charge in [-0.05, 0) is 49.9 Å². The summed E-state index contributed by atoms with van der Waals surface area (Å²) in [6.45, 7) is 2.31. The van der Waals surface area contributed by atoms with Crippen LogP contribution < -0.4 is 5.32 Å². The van der Waals surface area contributed by atoms with E-state index < -0.39 is 0 Å². The number of benzene rings is 1. The minimum Gasteiger partial charge on any atom is -0.382 e. The molecule has 0 spiro atoms. The standard InChI is InChI=1S/C16H20N2/c1-12(13-6-2-3-7-13)18-16-10-4-9-15-14(16)8-5-11-17-15/h4-5,8-13,18H,2-3,6-7H2,1H3. The molecule has 1 atom stereocenters. The van der Waals surface area contributed by atoms with E-state index in [0.29, 0.717) is 6.04 Å². The number of fused-ring (bicyclic) bond motifs is 1. The topological polar surface area (TPSA) is 24.9 Å². The van der Waals surface area contributed by atoms with Crippen LogP contribution in [0, 0.1) is 5.92 Å². The largest absolute Gasteiger partial charge is 0.382 e. The Balaban J connectivity index is 1.85. The Kier molecular flexibility index (Phi) is 3.18. The van der Waals surface area contributed by atoms with Crippen molar-refractivity contribution in [2.75, 3.05) is 5.32 Å². The lowest BCUT2D eigenvalue weighted by Gasteiger charge is -2.22. The molecular formula is C16H20N2. The maximum absolute atomic E-state index is 4.41. The molecule has 0 bridgehead atoms. The lowest BCUT2D eigenvalue weighted by Crippen LogP contribution is -2.23. The summed E-state index contributed by atoms with van der Waals surface area (Å²) >= 11 is 0. The number of rotatable bonds is 3. The Hall–Kier alpha value is -1.57. The lowest BCUT2D eigenvalue weighted by atomic mass is 9.99. The predicted molar refractivity (Wildman–Crippen MR) is 76.8 cm³/mol. The van der Waals surface area contributed by atoms with Gasteiger partial charge in [-0.2, -0.15) is 0 Å². The van der Waals surface area contributed by atoms with Gasteiger partial charge in [0.15, 0.2) is 0 Å². The summed E-state index contributed by atoms with van der Waals surface area (Å²) in [6, 6.07) is 11.0. The van der Waals surface area contributed by atoms with Crippen LogP contribution in [0.5, 0.6) is 0 Å². The van der Waals surface area contributed by atoms with Gasteiger partial charge < -0.3 is 5.32 Å². The van der Waals surface area contributed by atoms with Crippen LogP contribution in [0.4, 0.5) is 5.69 Å². The maximum Gasteiger partial charge on any atom is 0.0722 e. The number of nitrogens with one attached hydrogen (secondary N) is 1. The van der Waals surface area contributed by atoms with Crippen molar-refractivity contribution in [1.82, 2.24) is 4.98 Å². The van der Waals surface area contributed by atoms with E-state index in [-0.39, 0.29) is 0 Å². The van der Waals surface area contributed by atoms with Gasteiger partial charge in [-0.3, -0.25) is 4.98 Å². The fourth-order valence-corrected chi connectivity index (χ4v) is 3.05. The maximum atomic E-state index is 4.41. The molecule has 1 aliphatic carbocycles. The van der Waals surface area contributed by atoms with E-state index >= 15 is 0 Å². The van der Waals surface area contributed by atoms with Crippen molar-refractivity contribution in [3.63, 3.8) is 0 Å². The summed E-state index contributed by atoms with van der Waals surface area (Å²) < 4.78 is 0. The molecule has 1 fully saturated rings. The smallest absolute Gasteiger partial charge is 0.0722 e. The van der Waals surface area contributed by atoms with Crippen molar-refractivity contribution in [3.8, 4) is 0 Å². The molecule has 1 aliphatic rings. The van der Waals surface area contributed by atoms with Gasteiger partial charge in [0.25, 0.3) is 0 Å². The van der Waals surface area contributed by atoms with Crippen molar-refractivity contribution in [3.05, 3.63) is 36.5 Å². The molecule has 1 N–H and O–H groups in total. The first-order valence-corrected chi connectivity index (χ1v) is 6.95. The number of nitrogens with zero attached hydrogens (tertiary/aromatic N) is 1. The number of pyridine rings is 1. The highest BCUT2D eigenvalue weighted by molar-refractivity contribution is 5.91. The average Bonchev–Trinajstić information content (AvgIpc) is 2.93. The lowest BCUT2D eigenvalue weighted by molar-refractivity contribution is 0.482. The zero-order chi connectivity index (χ0) is 12.4. The van der Waals surface area contributed by atoms with Gasteiger partial charge in [-0.15, -0.1) is 0 Å². The van der Waals surface area contributed by atoms with Crippen LogP contribution in [0.2, 0.25) is 0 Å². The van der Waals surface area contributed by atoms with Crippen LogP contribution in [0.3, 0.4) is 0 Å². The Morgan fingerprint density at radius 1 is 1.17 bits per heavy atom. The molecule has 1 heterocycles. The third-order valence-corrected chi connectivity index (χ3v) is 4.14. The zero-order valence-corrected chi connectivity index (χ0v) is 10.9. The van der Waals surface area contributed by atoms with E-state index in [9.17, 15) is 0 Å². The number of anilines is 1.